The van der Waals surface area contributed by atoms with Crippen molar-refractivity contribution < 1.29 is 8.76 Å². The fourth-order valence-electron chi connectivity index (χ4n) is 0.538. The maximum Gasteiger partial charge on any atom is 0.141 e. The van der Waals surface area contributed by atoms with E-state index in [0.29, 0.717) is 0 Å². The minimum atomic E-state index is -2.90. The maximum absolute atomic E-state index is 11.0. The highest BCUT2D eigenvalue weighted by molar-refractivity contribution is 7.94. The number of nitrogens with one attached hydrogen (secondary N) is 1. The molecule has 0 amide bonds. The topological polar surface area (TPSA) is 49.3 Å². The first kappa shape index (κ1) is 9.94. The molecule has 0 aromatic heterocycles. The van der Waals surface area contributed by atoms with Crippen LogP contribution in [0.3, 0.4) is 0 Å². The minimum Gasteiger partial charge on any atom is -0.302 e. The Labute approximate surface area is 62.8 Å². The van der Waals surface area contributed by atoms with E-state index in [1.54, 1.807) is 0 Å². The molecule has 0 aliphatic heterocycles. The first-order valence-corrected chi connectivity index (χ1v) is 4.66. The molecule has 0 spiro atoms. The summed E-state index contributed by atoms with van der Waals surface area (Å²) in [5.74, 6) is 0. The van der Waals surface area contributed by atoms with E-state index in [0.717, 1.165) is 0 Å². The van der Waals surface area contributed by atoms with Crippen LogP contribution < -0.4 is 4.72 Å². The van der Waals surface area contributed by atoms with Gasteiger partial charge in [0.2, 0.25) is 0 Å². The van der Waals surface area contributed by atoms with Gasteiger partial charge in [0.1, 0.15) is 9.99 Å². The molecule has 0 heterocycles. The third-order valence-electron chi connectivity index (χ3n) is 0.806. The molecule has 2 N–H and O–H groups in total. The summed E-state index contributed by atoms with van der Waals surface area (Å²) in [6.07, 6.45) is 0. The fourth-order valence-corrected chi connectivity index (χ4v) is 1.61. The Morgan fingerprint density at radius 1 is 1.50 bits per heavy atom. The maximum atomic E-state index is 11.0. The van der Waals surface area contributed by atoms with E-state index >= 15 is 0 Å². The van der Waals surface area contributed by atoms with Crippen LogP contribution in [0.1, 0.15) is 20.8 Å². The molecule has 3 nitrogen and oxygen atoms in total. The molecular formula is C6H15NO2S. The van der Waals surface area contributed by atoms with Crippen LogP contribution in [-0.4, -0.2) is 21.2 Å². The van der Waals surface area contributed by atoms with Gasteiger partial charge in [-0.15, -0.1) is 0 Å². The zero-order valence-corrected chi connectivity index (χ0v) is 7.66. The van der Waals surface area contributed by atoms with E-state index in [1.807, 2.05) is 20.8 Å². The van der Waals surface area contributed by atoms with Crippen molar-refractivity contribution in [3.63, 3.8) is 0 Å². The molecular weight excluding hydrogens is 150 g/mol. The molecule has 0 aliphatic rings. The van der Waals surface area contributed by atoms with Gasteiger partial charge in [0, 0.05) is 5.37 Å². The Morgan fingerprint density at radius 3 is 2.00 bits per heavy atom. The van der Waals surface area contributed by atoms with Crippen LogP contribution in [0, 0.1) is 5.41 Å². The Balaban J connectivity index is 4.62. The van der Waals surface area contributed by atoms with E-state index < -0.39 is 9.99 Å². The lowest BCUT2D eigenvalue weighted by atomic mass is 10.0. The van der Waals surface area contributed by atoms with Crippen LogP contribution in [0.5, 0.6) is 0 Å². The third kappa shape index (κ3) is 4.78. The van der Waals surface area contributed by atoms with E-state index in [-0.39, 0.29) is 5.41 Å². The monoisotopic (exact) mass is 165 g/mol. The molecule has 0 fully saturated rings. The van der Waals surface area contributed by atoms with Crippen LogP contribution in [0.15, 0.2) is 0 Å². The van der Waals surface area contributed by atoms with Crippen molar-refractivity contribution in [1.29, 1.82) is 0 Å². The van der Waals surface area contributed by atoms with E-state index in [2.05, 4.69) is 4.72 Å². The summed E-state index contributed by atoms with van der Waals surface area (Å²) in [4.78, 5) is 0. The highest BCUT2D eigenvalue weighted by Crippen LogP contribution is 2.09. The lowest BCUT2D eigenvalue weighted by molar-refractivity contribution is 0.544. The van der Waals surface area contributed by atoms with Crippen LogP contribution in [0.25, 0.3) is 0 Å². The SMILES string of the molecule is CNS(=O)(O)=CC(C)(C)C. The summed E-state index contributed by atoms with van der Waals surface area (Å²) in [5.41, 5.74) is -0.227. The Hall–Kier alpha value is -0.0600. The zero-order chi connectivity index (χ0) is 8.41. The Bertz CT molecular complexity index is 208. The molecule has 0 saturated carbocycles. The van der Waals surface area contributed by atoms with Crippen LogP contribution in [0.4, 0.5) is 0 Å². The van der Waals surface area contributed by atoms with Crippen molar-refractivity contribution in [3.05, 3.63) is 0 Å². The van der Waals surface area contributed by atoms with Crippen molar-refractivity contribution >= 4 is 15.4 Å². The lowest BCUT2D eigenvalue weighted by Gasteiger charge is -2.13. The second-order valence-corrected chi connectivity index (χ2v) is 5.04. The van der Waals surface area contributed by atoms with Gasteiger partial charge in [-0.3, -0.25) is 0 Å². The quantitative estimate of drug-likeness (QED) is 0.563. The first-order chi connectivity index (χ1) is 4.27. The van der Waals surface area contributed by atoms with Crippen molar-refractivity contribution in [2.45, 2.75) is 20.8 Å². The van der Waals surface area contributed by atoms with Crippen LogP contribution in [0.2, 0.25) is 0 Å². The average Bonchev–Trinajstić information content (AvgIpc) is 1.60. The molecule has 0 aliphatic carbocycles. The van der Waals surface area contributed by atoms with E-state index in [4.69, 9.17) is 4.55 Å². The molecule has 0 saturated heterocycles. The molecule has 0 aromatic carbocycles. The standard InChI is InChI=1S/C6H15NO2S/c1-6(2,3)5-10(8,9)7-4/h5H,1-4H3,(H2,7,8,9). The number of rotatable bonds is 1. The third-order valence-corrected chi connectivity index (χ3v) is 2.42. The molecule has 1 unspecified atom stereocenters. The molecule has 4 heteroatoms. The zero-order valence-electron chi connectivity index (χ0n) is 6.84. The summed E-state index contributed by atoms with van der Waals surface area (Å²) in [6, 6.07) is 0. The minimum absolute atomic E-state index is 0.227. The summed E-state index contributed by atoms with van der Waals surface area (Å²) >= 11 is 0. The Morgan fingerprint density at radius 2 is 1.90 bits per heavy atom. The van der Waals surface area contributed by atoms with Crippen molar-refractivity contribution in [2.75, 3.05) is 7.05 Å². The van der Waals surface area contributed by atoms with Gasteiger partial charge in [0.05, 0.1) is 0 Å². The van der Waals surface area contributed by atoms with Crippen molar-refractivity contribution in [1.82, 2.24) is 4.72 Å². The van der Waals surface area contributed by atoms with Gasteiger partial charge >= 0.3 is 0 Å². The molecule has 0 rings (SSSR count). The van der Waals surface area contributed by atoms with Gasteiger partial charge in [0.15, 0.2) is 0 Å². The smallest absolute Gasteiger partial charge is 0.141 e. The van der Waals surface area contributed by atoms with E-state index in [1.165, 1.54) is 12.4 Å². The van der Waals surface area contributed by atoms with Gasteiger partial charge in [-0.1, -0.05) is 20.8 Å². The molecule has 0 radical (unpaired) electrons. The fraction of sp³-hybridized carbons (Fsp3) is 0.833. The summed E-state index contributed by atoms with van der Waals surface area (Å²) in [7, 11) is -1.44. The predicted octanol–water partition coefficient (Wildman–Crippen LogP) is 0.726. The number of hydrogen-bond acceptors (Lipinski definition) is 1. The lowest BCUT2D eigenvalue weighted by Crippen LogP contribution is -2.25. The predicted molar refractivity (Wildman–Crippen MR) is 45.3 cm³/mol. The summed E-state index contributed by atoms with van der Waals surface area (Å²) in [6.45, 7) is 5.63. The summed E-state index contributed by atoms with van der Waals surface area (Å²) < 4.78 is 22.3. The van der Waals surface area contributed by atoms with Gasteiger partial charge in [-0.05, 0) is 12.5 Å². The normalized spacial score (nSPS) is 18.1. The molecule has 10 heavy (non-hydrogen) atoms. The van der Waals surface area contributed by atoms with Crippen LogP contribution >= 0.6 is 0 Å². The van der Waals surface area contributed by atoms with Gasteiger partial charge in [-0.2, -0.15) is 0 Å². The second-order valence-electron chi connectivity index (χ2n) is 3.26. The van der Waals surface area contributed by atoms with Crippen molar-refractivity contribution in [3.8, 4) is 0 Å². The van der Waals surface area contributed by atoms with Crippen molar-refractivity contribution in [2.24, 2.45) is 5.41 Å². The molecule has 0 aromatic rings. The van der Waals surface area contributed by atoms with Gasteiger partial charge in [-0.25, -0.2) is 8.93 Å². The van der Waals surface area contributed by atoms with E-state index in [9.17, 15) is 4.21 Å². The molecule has 62 valence electrons. The largest absolute Gasteiger partial charge is 0.302 e. The Kier molecular flexibility index (Phi) is 2.88. The molecule has 0 bridgehead atoms. The molecule has 1 atom stereocenters. The summed E-state index contributed by atoms with van der Waals surface area (Å²) in [5, 5.41) is 1.40. The van der Waals surface area contributed by atoms with Gasteiger partial charge in [0.25, 0.3) is 0 Å². The highest BCUT2D eigenvalue weighted by Gasteiger charge is 2.09. The van der Waals surface area contributed by atoms with Gasteiger partial charge < -0.3 is 4.55 Å². The highest BCUT2D eigenvalue weighted by atomic mass is 32.2. The number of hydrogen-bond donors (Lipinski definition) is 2. The van der Waals surface area contributed by atoms with Crippen LogP contribution in [-0.2, 0) is 9.99 Å². The average molecular weight is 165 g/mol. The second kappa shape index (κ2) is 2.90. The first-order valence-electron chi connectivity index (χ1n) is 3.08.